The molecule has 0 radical (unpaired) electrons. The minimum atomic E-state index is -5.01. The molecule has 2 amide bonds. The van der Waals surface area contributed by atoms with Crippen molar-refractivity contribution in [1.29, 1.82) is 10.5 Å². The van der Waals surface area contributed by atoms with E-state index in [2.05, 4.69) is 12.1 Å². The van der Waals surface area contributed by atoms with Gasteiger partial charge in [0.15, 0.2) is 0 Å². The van der Waals surface area contributed by atoms with Gasteiger partial charge in [0, 0.05) is 37.1 Å². The van der Waals surface area contributed by atoms with E-state index in [1.807, 2.05) is 0 Å². The van der Waals surface area contributed by atoms with Crippen molar-refractivity contribution in [3.63, 3.8) is 0 Å². The number of phosphoric acid groups is 1. The number of rotatable bonds is 6. The van der Waals surface area contributed by atoms with Crippen LogP contribution in [-0.4, -0.2) is 63.0 Å². The summed E-state index contributed by atoms with van der Waals surface area (Å²) in [6, 6.07) is 12.3. The molecule has 4 aliphatic rings. The lowest BCUT2D eigenvalue weighted by Gasteiger charge is -2.49. The fourth-order valence-corrected chi connectivity index (χ4v) is 8.29. The molecule has 12 nitrogen and oxygen atoms in total. The van der Waals surface area contributed by atoms with E-state index in [9.17, 15) is 29.6 Å². The third-order valence-corrected chi connectivity index (χ3v) is 9.98. The number of hydrogen-bond acceptors (Lipinski definition) is 9. The Labute approximate surface area is 261 Å². The molecule has 0 aliphatic carbocycles. The summed E-state index contributed by atoms with van der Waals surface area (Å²) >= 11 is 0. The number of ether oxygens (including phenoxy) is 2. The van der Waals surface area contributed by atoms with E-state index in [0.29, 0.717) is 72.5 Å². The molecule has 1 unspecified atom stereocenters. The van der Waals surface area contributed by atoms with Gasteiger partial charge in [-0.15, -0.1) is 0 Å². The topological polar surface area (TPSA) is 162 Å². The average Bonchev–Trinajstić information content (AvgIpc) is 3.60. The van der Waals surface area contributed by atoms with Crippen LogP contribution in [0.25, 0.3) is 0 Å². The van der Waals surface area contributed by atoms with Crippen molar-refractivity contribution >= 4 is 19.6 Å². The SMILES string of the molecule is CC1(C)Oc2ccc(C#N)cc2[C@H](N2CCCC2=O)[C@H]1OP(=O)(O)O[C@H]1[C@@H](N2CCCC2=O)c2cc(C#N)ccc2OC1(C)C. The second-order valence-electron chi connectivity index (χ2n) is 12.9. The molecule has 0 bridgehead atoms. The second kappa shape index (κ2) is 11.1. The first kappa shape index (κ1) is 31.1. The molecule has 45 heavy (non-hydrogen) atoms. The van der Waals surface area contributed by atoms with Crippen LogP contribution in [0.15, 0.2) is 36.4 Å². The molecule has 4 heterocycles. The first-order valence-corrected chi connectivity index (χ1v) is 16.5. The molecule has 0 aromatic heterocycles. The van der Waals surface area contributed by atoms with Gasteiger partial charge in [0.25, 0.3) is 0 Å². The Morgan fingerprint density at radius 2 is 1.20 bits per heavy atom. The largest absolute Gasteiger partial charge is 0.485 e. The van der Waals surface area contributed by atoms with E-state index >= 15 is 0 Å². The number of nitriles is 2. The molecule has 2 saturated heterocycles. The Morgan fingerprint density at radius 3 is 1.53 bits per heavy atom. The number of phosphoric ester groups is 1. The minimum absolute atomic E-state index is 0.146. The molecule has 13 heteroatoms. The van der Waals surface area contributed by atoms with Gasteiger partial charge < -0.3 is 24.2 Å². The second-order valence-corrected chi connectivity index (χ2v) is 14.3. The van der Waals surface area contributed by atoms with Crippen LogP contribution in [0.2, 0.25) is 0 Å². The maximum absolute atomic E-state index is 14.2. The Bertz CT molecular complexity index is 1580. The van der Waals surface area contributed by atoms with Crippen molar-refractivity contribution in [2.75, 3.05) is 13.1 Å². The number of carbonyl (C=O) groups is 2. The van der Waals surface area contributed by atoms with E-state index in [-0.39, 0.29) is 11.8 Å². The van der Waals surface area contributed by atoms with Crippen LogP contribution in [-0.2, 0) is 23.2 Å². The number of likely N-dealkylation sites (tertiary alicyclic amines) is 2. The molecule has 236 valence electrons. The number of benzene rings is 2. The summed E-state index contributed by atoms with van der Waals surface area (Å²) in [4.78, 5) is 40.9. The summed E-state index contributed by atoms with van der Waals surface area (Å²) in [6.07, 6.45) is -0.536. The predicted octanol–water partition coefficient (Wildman–Crippen LogP) is 4.67. The van der Waals surface area contributed by atoms with Crippen molar-refractivity contribution < 1.29 is 37.6 Å². The number of hydrogen-bond donors (Lipinski definition) is 1. The summed E-state index contributed by atoms with van der Waals surface area (Å²) in [6.45, 7) is 7.59. The summed E-state index contributed by atoms with van der Waals surface area (Å²) in [5.41, 5.74) is -0.765. The lowest BCUT2D eigenvalue weighted by atomic mass is 9.85. The maximum atomic E-state index is 14.2. The first-order valence-electron chi connectivity index (χ1n) is 15.0. The van der Waals surface area contributed by atoms with E-state index in [4.69, 9.17) is 18.5 Å². The first-order chi connectivity index (χ1) is 21.2. The number of carbonyl (C=O) groups excluding carboxylic acids is 2. The monoisotopic (exact) mass is 634 g/mol. The highest BCUT2D eigenvalue weighted by Gasteiger charge is 2.56. The van der Waals surface area contributed by atoms with Gasteiger partial charge in [-0.05, 0) is 76.9 Å². The molecule has 2 fully saturated rings. The summed E-state index contributed by atoms with van der Waals surface area (Å²) < 4.78 is 38.8. The van der Waals surface area contributed by atoms with Crippen molar-refractivity contribution in [2.24, 2.45) is 0 Å². The molecule has 0 spiro atoms. The van der Waals surface area contributed by atoms with Crippen molar-refractivity contribution in [1.82, 2.24) is 9.80 Å². The zero-order valence-electron chi connectivity index (χ0n) is 25.6. The summed E-state index contributed by atoms with van der Waals surface area (Å²) in [7, 11) is -5.01. The minimum Gasteiger partial charge on any atom is -0.485 e. The Kier molecular flexibility index (Phi) is 7.70. The lowest BCUT2D eigenvalue weighted by Crippen LogP contribution is -2.56. The molecule has 2 aromatic carbocycles. The zero-order chi connectivity index (χ0) is 32.3. The van der Waals surface area contributed by atoms with Crippen LogP contribution >= 0.6 is 7.82 Å². The van der Waals surface area contributed by atoms with Crippen molar-refractivity contribution in [3.05, 3.63) is 58.7 Å². The van der Waals surface area contributed by atoms with Gasteiger partial charge in [-0.2, -0.15) is 10.5 Å². The number of nitrogens with zero attached hydrogens (tertiary/aromatic N) is 4. The Balaban J connectivity index is 1.40. The predicted molar refractivity (Wildman–Crippen MR) is 159 cm³/mol. The summed E-state index contributed by atoms with van der Waals surface area (Å²) in [5, 5.41) is 19.2. The molecule has 5 atom stereocenters. The standard InChI is InChI=1S/C32H35N4O8P/c1-31(2)29(27(35-13-5-7-25(35)37)21-15-19(17-33)9-11-23(21)41-31)43-45(39,40)44-30-28(36-14-6-8-26(36)38)22-16-20(18-34)10-12-24(22)42-32(30,3)4/h9-12,15-16,27-30H,5-8,13-14H2,1-4H3,(H,39,40)/t27-,28-,29-,30+/m0/s1. The number of amides is 2. The van der Waals surface area contributed by atoms with Gasteiger partial charge in [-0.3, -0.25) is 18.6 Å². The molecule has 4 aliphatic heterocycles. The maximum Gasteiger partial charge on any atom is 0.473 e. The van der Waals surface area contributed by atoms with Crippen molar-refractivity contribution in [2.45, 2.75) is 88.9 Å². The molecule has 0 saturated carbocycles. The normalized spacial score (nSPS) is 27.8. The molecule has 1 N–H and O–H groups in total. The van der Waals surface area contributed by atoms with Crippen LogP contribution < -0.4 is 9.47 Å². The van der Waals surface area contributed by atoms with E-state index in [1.54, 1.807) is 73.9 Å². The average molecular weight is 635 g/mol. The van der Waals surface area contributed by atoms with Gasteiger partial charge in [0.05, 0.1) is 35.3 Å². The summed E-state index contributed by atoms with van der Waals surface area (Å²) in [5.74, 6) is 0.591. The van der Waals surface area contributed by atoms with Gasteiger partial charge in [-0.1, -0.05) is 0 Å². The lowest BCUT2D eigenvalue weighted by molar-refractivity contribution is -0.144. The van der Waals surface area contributed by atoms with Gasteiger partial charge in [0.1, 0.15) is 34.9 Å². The fraction of sp³-hybridized carbons (Fsp3) is 0.500. The van der Waals surface area contributed by atoms with Gasteiger partial charge in [-0.25, -0.2) is 4.57 Å². The van der Waals surface area contributed by atoms with Crippen LogP contribution in [0.5, 0.6) is 11.5 Å². The number of fused-ring (bicyclic) bond motifs is 2. The van der Waals surface area contributed by atoms with E-state index < -0.39 is 43.3 Å². The molecular weight excluding hydrogens is 599 g/mol. The highest BCUT2D eigenvalue weighted by molar-refractivity contribution is 7.47. The highest BCUT2D eigenvalue weighted by Crippen LogP contribution is 2.58. The molecular formula is C32H35N4O8P. The zero-order valence-corrected chi connectivity index (χ0v) is 26.5. The van der Waals surface area contributed by atoms with Crippen LogP contribution in [0, 0.1) is 22.7 Å². The van der Waals surface area contributed by atoms with Crippen LogP contribution in [0.1, 0.15) is 87.7 Å². The van der Waals surface area contributed by atoms with Crippen LogP contribution in [0.4, 0.5) is 0 Å². The highest BCUT2D eigenvalue weighted by atomic mass is 31.2. The molecule has 2 aromatic rings. The Morgan fingerprint density at radius 1 is 0.800 bits per heavy atom. The van der Waals surface area contributed by atoms with Gasteiger partial charge >= 0.3 is 7.82 Å². The van der Waals surface area contributed by atoms with Crippen molar-refractivity contribution in [3.8, 4) is 23.6 Å². The van der Waals surface area contributed by atoms with E-state index in [1.165, 1.54) is 0 Å². The quantitative estimate of drug-likeness (QED) is 0.442. The van der Waals surface area contributed by atoms with Crippen LogP contribution in [0.3, 0.4) is 0 Å². The van der Waals surface area contributed by atoms with E-state index in [0.717, 1.165) is 0 Å². The third kappa shape index (κ3) is 5.57. The third-order valence-electron chi connectivity index (χ3n) is 8.99. The fourth-order valence-electron chi connectivity index (χ4n) is 6.92. The van der Waals surface area contributed by atoms with Gasteiger partial charge in [0.2, 0.25) is 11.8 Å². The molecule has 6 rings (SSSR count). The smallest absolute Gasteiger partial charge is 0.473 e. The Hall–Kier alpha value is -3.93.